The lowest BCUT2D eigenvalue weighted by Crippen LogP contribution is -2.07. The van der Waals surface area contributed by atoms with Crippen LogP contribution in [0.3, 0.4) is 0 Å². The fourth-order valence-corrected chi connectivity index (χ4v) is 0.291. The molecule has 0 unspecified atom stereocenters. The number of hydrogen-bond acceptors (Lipinski definition) is 4. The molecule has 0 atom stereocenters. The van der Waals surface area contributed by atoms with Gasteiger partial charge in [-0.3, -0.25) is 0 Å². The van der Waals surface area contributed by atoms with Crippen LogP contribution in [0.15, 0.2) is 12.0 Å². The molecular formula is C4H10N2O2. The Bertz CT molecular complexity index is 76.1. The van der Waals surface area contributed by atoms with Crippen molar-refractivity contribution in [2.24, 2.45) is 11.8 Å². The Kier molecular flexibility index (Phi) is 4.01. The van der Waals surface area contributed by atoms with Crippen molar-refractivity contribution in [2.45, 2.75) is 13.3 Å². The minimum atomic E-state index is 0.146. The summed E-state index contributed by atoms with van der Waals surface area (Å²) in [5.74, 6) is 9.54. The predicted octanol–water partition coefficient (Wildman–Crippen LogP) is 0.0184. The molecule has 48 valence electrons. The zero-order chi connectivity index (χ0) is 6.41. The first-order valence-electron chi connectivity index (χ1n) is 2.28. The van der Waals surface area contributed by atoms with Gasteiger partial charge in [0.2, 0.25) is 0 Å². The highest BCUT2D eigenvalue weighted by atomic mass is 16.8. The summed E-state index contributed by atoms with van der Waals surface area (Å²) in [5.41, 5.74) is 0. The molecule has 0 saturated heterocycles. The van der Waals surface area contributed by atoms with Crippen LogP contribution in [0, 0.1) is 0 Å². The largest absolute Gasteiger partial charge is 0.372 e. The highest BCUT2D eigenvalue weighted by Gasteiger charge is 1.88. The van der Waals surface area contributed by atoms with E-state index in [-0.39, 0.29) is 5.95 Å². The molecule has 0 aliphatic heterocycles. The van der Waals surface area contributed by atoms with Gasteiger partial charge in [-0.15, -0.1) is 0 Å². The van der Waals surface area contributed by atoms with Crippen LogP contribution < -0.4 is 11.8 Å². The van der Waals surface area contributed by atoms with E-state index in [9.17, 15) is 0 Å². The third kappa shape index (κ3) is 2.44. The molecule has 0 radical (unpaired) electrons. The van der Waals surface area contributed by atoms with E-state index in [1.54, 1.807) is 6.08 Å². The highest BCUT2D eigenvalue weighted by molar-refractivity contribution is 4.79. The number of rotatable bonds is 3. The maximum atomic E-state index is 4.70. The van der Waals surface area contributed by atoms with Gasteiger partial charge in [0.15, 0.2) is 0 Å². The summed E-state index contributed by atoms with van der Waals surface area (Å²) in [4.78, 5) is 8.31. The molecule has 0 fully saturated rings. The first kappa shape index (κ1) is 7.26. The lowest BCUT2D eigenvalue weighted by Gasteiger charge is -1.98. The van der Waals surface area contributed by atoms with Gasteiger partial charge in [-0.2, -0.15) is 11.8 Å². The maximum Gasteiger partial charge on any atom is 0.313 e. The fraction of sp³-hybridized carbons (Fsp3) is 0.500. The van der Waals surface area contributed by atoms with Crippen molar-refractivity contribution < 1.29 is 9.68 Å². The third-order valence-corrected chi connectivity index (χ3v) is 0.603. The average Bonchev–Trinajstić information content (AvgIpc) is 1.83. The average molecular weight is 118 g/mol. The van der Waals surface area contributed by atoms with Gasteiger partial charge in [0.25, 0.3) is 0 Å². The summed E-state index contributed by atoms with van der Waals surface area (Å²) in [6.07, 6.45) is 2.41. The van der Waals surface area contributed by atoms with Crippen molar-refractivity contribution >= 4 is 0 Å². The predicted molar refractivity (Wildman–Crippen MR) is 28.9 cm³/mol. The van der Waals surface area contributed by atoms with E-state index in [4.69, 9.17) is 11.8 Å². The number of allylic oxidation sites excluding steroid dienone is 1. The molecule has 0 aromatic rings. The van der Waals surface area contributed by atoms with Crippen LogP contribution >= 0.6 is 0 Å². The van der Waals surface area contributed by atoms with Crippen LogP contribution in [0.25, 0.3) is 0 Å². The Labute approximate surface area is 48.0 Å². The van der Waals surface area contributed by atoms with Crippen LogP contribution in [0.4, 0.5) is 0 Å². The molecule has 0 bridgehead atoms. The molecule has 0 spiro atoms. The van der Waals surface area contributed by atoms with Crippen molar-refractivity contribution in [2.75, 3.05) is 0 Å². The Morgan fingerprint density at radius 2 is 2.00 bits per heavy atom. The van der Waals surface area contributed by atoms with E-state index in [2.05, 4.69) is 9.68 Å². The summed E-state index contributed by atoms with van der Waals surface area (Å²) >= 11 is 0. The Hall–Kier alpha value is -0.740. The van der Waals surface area contributed by atoms with Crippen LogP contribution in [0.2, 0.25) is 0 Å². The molecule has 0 aliphatic carbocycles. The Balaban J connectivity index is 3.49. The van der Waals surface area contributed by atoms with Gasteiger partial charge in [-0.05, 0) is 12.5 Å². The minimum Gasteiger partial charge on any atom is -0.372 e. The monoisotopic (exact) mass is 118 g/mol. The van der Waals surface area contributed by atoms with Gasteiger partial charge in [-0.25, -0.2) is 0 Å². The van der Waals surface area contributed by atoms with E-state index >= 15 is 0 Å². The summed E-state index contributed by atoms with van der Waals surface area (Å²) < 4.78 is 0. The summed E-state index contributed by atoms with van der Waals surface area (Å²) in [6.45, 7) is 1.91. The third-order valence-electron chi connectivity index (χ3n) is 0.603. The van der Waals surface area contributed by atoms with Crippen LogP contribution in [0.1, 0.15) is 13.3 Å². The smallest absolute Gasteiger partial charge is 0.313 e. The second-order valence-corrected chi connectivity index (χ2v) is 1.17. The molecule has 0 aliphatic rings. The lowest BCUT2D eigenvalue weighted by atomic mass is 10.5. The molecule has 0 saturated carbocycles. The maximum absolute atomic E-state index is 4.70. The summed E-state index contributed by atoms with van der Waals surface area (Å²) in [6, 6.07) is 0. The molecule has 8 heavy (non-hydrogen) atoms. The zero-order valence-corrected chi connectivity index (χ0v) is 4.76. The van der Waals surface area contributed by atoms with Crippen molar-refractivity contribution in [3.63, 3.8) is 0 Å². The van der Waals surface area contributed by atoms with Gasteiger partial charge < -0.3 is 9.68 Å². The van der Waals surface area contributed by atoms with Gasteiger partial charge >= 0.3 is 5.95 Å². The zero-order valence-electron chi connectivity index (χ0n) is 4.76. The highest BCUT2D eigenvalue weighted by Crippen LogP contribution is 1.92. The number of hydrogen-bond donors (Lipinski definition) is 2. The van der Waals surface area contributed by atoms with Crippen molar-refractivity contribution in [3.8, 4) is 0 Å². The molecule has 0 aromatic heterocycles. The van der Waals surface area contributed by atoms with E-state index in [1.807, 2.05) is 6.92 Å². The van der Waals surface area contributed by atoms with Crippen molar-refractivity contribution in [1.29, 1.82) is 0 Å². The Morgan fingerprint density at radius 3 is 2.12 bits per heavy atom. The van der Waals surface area contributed by atoms with Gasteiger partial charge in [-0.1, -0.05) is 6.92 Å². The molecule has 0 heterocycles. The standard InChI is InChI=1S/C4H10N2O2/c1-2-3-4(7-5)8-6/h3H,2,5-6H2,1H3. The normalized spacial score (nSPS) is 7.88. The molecule has 0 rings (SSSR count). The summed E-state index contributed by atoms with van der Waals surface area (Å²) in [5, 5.41) is 0. The molecule has 4 N–H and O–H groups in total. The fourth-order valence-electron chi connectivity index (χ4n) is 0.291. The number of nitrogens with two attached hydrogens (primary N) is 2. The van der Waals surface area contributed by atoms with E-state index in [1.165, 1.54) is 0 Å². The lowest BCUT2D eigenvalue weighted by molar-refractivity contribution is 0.0335. The van der Waals surface area contributed by atoms with E-state index in [0.29, 0.717) is 0 Å². The van der Waals surface area contributed by atoms with Crippen molar-refractivity contribution in [1.82, 2.24) is 0 Å². The summed E-state index contributed by atoms with van der Waals surface area (Å²) in [7, 11) is 0. The SMILES string of the molecule is CCC=C(ON)ON. The van der Waals surface area contributed by atoms with Crippen LogP contribution in [-0.2, 0) is 9.68 Å². The first-order chi connectivity index (χ1) is 3.85. The topological polar surface area (TPSA) is 70.5 Å². The Morgan fingerprint density at radius 1 is 1.50 bits per heavy atom. The van der Waals surface area contributed by atoms with E-state index in [0.717, 1.165) is 6.42 Å². The molecule has 0 aromatic carbocycles. The van der Waals surface area contributed by atoms with Gasteiger partial charge in [0, 0.05) is 0 Å². The quantitative estimate of drug-likeness (QED) is 0.405. The molecule has 4 nitrogen and oxygen atoms in total. The minimum absolute atomic E-state index is 0.146. The van der Waals surface area contributed by atoms with Crippen molar-refractivity contribution in [3.05, 3.63) is 12.0 Å². The molecule has 0 amide bonds. The van der Waals surface area contributed by atoms with Crippen LogP contribution in [-0.4, -0.2) is 0 Å². The van der Waals surface area contributed by atoms with Crippen LogP contribution in [0.5, 0.6) is 0 Å². The first-order valence-corrected chi connectivity index (χ1v) is 2.28. The molecular weight excluding hydrogens is 108 g/mol. The van der Waals surface area contributed by atoms with Gasteiger partial charge in [0.05, 0.1) is 0 Å². The van der Waals surface area contributed by atoms with Gasteiger partial charge in [0.1, 0.15) is 0 Å². The second kappa shape index (κ2) is 4.42. The van der Waals surface area contributed by atoms with E-state index < -0.39 is 0 Å². The molecule has 4 heteroatoms. The second-order valence-electron chi connectivity index (χ2n) is 1.17.